The monoisotopic (exact) mass is 324 g/mol. The standard InChI is InChI=1S/C21H28N2O/c1-17(19-5-3-2-4-6-19)23-15-12-18(13-16-23)11-14-22-20-7-9-21(24)10-8-20/h2-10,17-18,22,24H,11-16H2,1H3. The normalized spacial score (nSPS) is 17.5. The van der Waals surface area contributed by atoms with Gasteiger partial charge in [0.2, 0.25) is 0 Å². The molecule has 0 spiro atoms. The number of phenols is 1. The molecule has 1 atom stereocenters. The zero-order chi connectivity index (χ0) is 16.8. The lowest BCUT2D eigenvalue weighted by Crippen LogP contribution is -2.36. The third-order valence-corrected chi connectivity index (χ3v) is 5.23. The smallest absolute Gasteiger partial charge is 0.115 e. The number of hydrogen-bond donors (Lipinski definition) is 2. The van der Waals surface area contributed by atoms with E-state index in [2.05, 4.69) is 47.5 Å². The Bertz CT molecular complexity index is 603. The van der Waals surface area contributed by atoms with E-state index in [9.17, 15) is 5.11 Å². The van der Waals surface area contributed by atoms with Crippen molar-refractivity contribution in [3.63, 3.8) is 0 Å². The summed E-state index contributed by atoms with van der Waals surface area (Å²) in [6.07, 6.45) is 3.79. The van der Waals surface area contributed by atoms with Crippen LogP contribution in [-0.2, 0) is 0 Å². The molecule has 1 heterocycles. The highest BCUT2D eigenvalue weighted by molar-refractivity contribution is 5.45. The summed E-state index contributed by atoms with van der Waals surface area (Å²) in [6, 6.07) is 18.7. The molecule has 0 saturated carbocycles. The summed E-state index contributed by atoms with van der Waals surface area (Å²) in [5.74, 6) is 1.13. The topological polar surface area (TPSA) is 35.5 Å². The van der Waals surface area contributed by atoms with Gasteiger partial charge in [-0.05, 0) is 75.0 Å². The number of piperidine rings is 1. The molecule has 1 saturated heterocycles. The van der Waals surface area contributed by atoms with Crippen LogP contribution in [0.3, 0.4) is 0 Å². The van der Waals surface area contributed by atoms with Crippen LogP contribution in [0.2, 0.25) is 0 Å². The van der Waals surface area contributed by atoms with Crippen molar-refractivity contribution < 1.29 is 5.11 Å². The Morgan fingerprint density at radius 1 is 1.04 bits per heavy atom. The van der Waals surface area contributed by atoms with Crippen LogP contribution in [0, 0.1) is 5.92 Å². The molecule has 3 heteroatoms. The van der Waals surface area contributed by atoms with Crippen molar-refractivity contribution in [1.29, 1.82) is 0 Å². The molecule has 0 amide bonds. The summed E-state index contributed by atoms with van der Waals surface area (Å²) in [7, 11) is 0. The fourth-order valence-corrected chi connectivity index (χ4v) is 3.57. The summed E-state index contributed by atoms with van der Waals surface area (Å²) in [4.78, 5) is 2.61. The van der Waals surface area contributed by atoms with E-state index in [4.69, 9.17) is 0 Å². The van der Waals surface area contributed by atoms with Crippen LogP contribution < -0.4 is 5.32 Å². The Hall–Kier alpha value is -2.00. The molecular formula is C21H28N2O. The number of nitrogens with one attached hydrogen (secondary N) is 1. The highest BCUT2D eigenvalue weighted by Crippen LogP contribution is 2.28. The number of anilines is 1. The van der Waals surface area contributed by atoms with E-state index in [1.54, 1.807) is 12.1 Å². The molecular weight excluding hydrogens is 296 g/mol. The van der Waals surface area contributed by atoms with E-state index in [0.29, 0.717) is 11.8 Å². The van der Waals surface area contributed by atoms with E-state index in [1.165, 1.54) is 37.9 Å². The minimum atomic E-state index is 0.320. The van der Waals surface area contributed by atoms with Gasteiger partial charge in [-0.1, -0.05) is 30.3 Å². The van der Waals surface area contributed by atoms with E-state index >= 15 is 0 Å². The molecule has 1 unspecified atom stereocenters. The van der Waals surface area contributed by atoms with Crippen molar-refractivity contribution >= 4 is 5.69 Å². The summed E-state index contributed by atoms with van der Waals surface area (Å²) >= 11 is 0. The molecule has 1 fully saturated rings. The maximum absolute atomic E-state index is 9.31. The number of likely N-dealkylation sites (tertiary alicyclic amines) is 1. The molecule has 1 aliphatic rings. The van der Waals surface area contributed by atoms with E-state index < -0.39 is 0 Å². The van der Waals surface area contributed by atoms with Gasteiger partial charge in [-0.25, -0.2) is 0 Å². The molecule has 1 aliphatic heterocycles. The van der Waals surface area contributed by atoms with Gasteiger partial charge in [0.05, 0.1) is 0 Å². The second-order valence-corrected chi connectivity index (χ2v) is 6.83. The van der Waals surface area contributed by atoms with Gasteiger partial charge < -0.3 is 10.4 Å². The molecule has 0 aliphatic carbocycles. The number of rotatable bonds is 6. The van der Waals surface area contributed by atoms with Gasteiger partial charge >= 0.3 is 0 Å². The van der Waals surface area contributed by atoms with Crippen LogP contribution in [0.15, 0.2) is 54.6 Å². The quantitative estimate of drug-likeness (QED) is 0.758. The lowest BCUT2D eigenvalue weighted by atomic mass is 9.92. The van der Waals surface area contributed by atoms with Gasteiger partial charge in [0.15, 0.2) is 0 Å². The zero-order valence-corrected chi connectivity index (χ0v) is 14.5. The summed E-state index contributed by atoms with van der Waals surface area (Å²) in [5, 5.41) is 12.8. The van der Waals surface area contributed by atoms with Crippen LogP contribution in [0.5, 0.6) is 5.75 Å². The second kappa shape index (κ2) is 8.20. The Kier molecular flexibility index (Phi) is 5.76. The molecule has 3 nitrogen and oxygen atoms in total. The fourth-order valence-electron chi connectivity index (χ4n) is 3.57. The average Bonchev–Trinajstić information content (AvgIpc) is 2.64. The number of hydrogen-bond acceptors (Lipinski definition) is 3. The van der Waals surface area contributed by atoms with Gasteiger partial charge in [0, 0.05) is 18.3 Å². The summed E-state index contributed by atoms with van der Waals surface area (Å²) < 4.78 is 0. The van der Waals surface area contributed by atoms with Crippen molar-refractivity contribution in [2.75, 3.05) is 25.0 Å². The van der Waals surface area contributed by atoms with Crippen LogP contribution in [0.1, 0.15) is 37.8 Å². The van der Waals surface area contributed by atoms with Crippen LogP contribution in [-0.4, -0.2) is 29.6 Å². The van der Waals surface area contributed by atoms with Gasteiger partial charge in [-0.2, -0.15) is 0 Å². The van der Waals surface area contributed by atoms with Gasteiger partial charge in [-0.15, -0.1) is 0 Å². The summed E-state index contributed by atoms with van der Waals surface area (Å²) in [5.41, 5.74) is 2.51. The Morgan fingerprint density at radius 2 is 1.71 bits per heavy atom. The highest BCUT2D eigenvalue weighted by Gasteiger charge is 2.23. The molecule has 2 aromatic carbocycles. The lowest BCUT2D eigenvalue weighted by Gasteiger charge is -2.36. The first-order valence-corrected chi connectivity index (χ1v) is 9.04. The molecule has 2 aromatic rings. The van der Waals surface area contributed by atoms with Crippen LogP contribution in [0.25, 0.3) is 0 Å². The van der Waals surface area contributed by atoms with Crippen LogP contribution in [0.4, 0.5) is 5.69 Å². The molecule has 0 aromatic heterocycles. The van der Waals surface area contributed by atoms with E-state index in [-0.39, 0.29) is 0 Å². The first-order chi connectivity index (χ1) is 11.7. The molecule has 2 N–H and O–H groups in total. The number of aromatic hydroxyl groups is 1. The van der Waals surface area contributed by atoms with Crippen molar-refractivity contribution in [3.05, 3.63) is 60.2 Å². The number of benzene rings is 2. The third kappa shape index (κ3) is 4.51. The van der Waals surface area contributed by atoms with Gasteiger partial charge in [0.1, 0.15) is 5.75 Å². The molecule has 0 radical (unpaired) electrons. The van der Waals surface area contributed by atoms with E-state index in [0.717, 1.165) is 18.2 Å². The molecule has 3 rings (SSSR count). The zero-order valence-electron chi connectivity index (χ0n) is 14.5. The minimum Gasteiger partial charge on any atom is -0.508 e. The van der Waals surface area contributed by atoms with Crippen molar-refractivity contribution in [2.24, 2.45) is 5.92 Å². The number of nitrogens with zero attached hydrogens (tertiary/aromatic N) is 1. The van der Waals surface area contributed by atoms with Crippen LogP contribution >= 0.6 is 0 Å². The molecule has 24 heavy (non-hydrogen) atoms. The predicted molar refractivity (Wildman–Crippen MR) is 100 cm³/mol. The van der Waals surface area contributed by atoms with Crippen molar-refractivity contribution in [3.8, 4) is 5.75 Å². The lowest BCUT2D eigenvalue weighted by molar-refractivity contribution is 0.139. The Morgan fingerprint density at radius 3 is 2.38 bits per heavy atom. The Labute approximate surface area is 145 Å². The first kappa shape index (κ1) is 16.8. The van der Waals surface area contributed by atoms with Crippen molar-refractivity contribution in [1.82, 2.24) is 4.90 Å². The third-order valence-electron chi connectivity index (χ3n) is 5.23. The minimum absolute atomic E-state index is 0.320. The molecule has 0 bridgehead atoms. The van der Waals surface area contributed by atoms with Gasteiger partial charge in [-0.3, -0.25) is 4.90 Å². The fraction of sp³-hybridized carbons (Fsp3) is 0.429. The Balaban J connectivity index is 1.40. The highest BCUT2D eigenvalue weighted by atomic mass is 16.3. The molecule has 128 valence electrons. The van der Waals surface area contributed by atoms with Crippen molar-refractivity contribution in [2.45, 2.75) is 32.2 Å². The largest absolute Gasteiger partial charge is 0.508 e. The maximum atomic E-state index is 9.31. The van der Waals surface area contributed by atoms with Gasteiger partial charge in [0.25, 0.3) is 0 Å². The average molecular weight is 324 g/mol. The second-order valence-electron chi connectivity index (χ2n) is 6.83. The summed E-state index contributed by atoms with van der Waals surface area (Å²) in [6.45, 7) is 5.71. The predicted octanol–water partition coefficient (Wildman–Crippen LogP) is 4.67. The number of phenolic OH excluding ortho intramolecular Hbond substituents is 1. The SMILES string of the molecule is CC(c1ccccc1)N1CCC(CCNc2ccc(O)cc2)CC1. The first-order valence-electron chi connectivity index (χ1n) is 9.04. The van der Waals surface area contributed by atoms with E-state index in [1.807, 2.05) is 12.1 Å². The maximum Gasteiger partial charge on any atom is 0.115 e.